The molecule has 4 rings (SSSR count). The van der Waals surface area contributed by atoms with Gasteiger partial charge in [-0.25, -0.2) is 4.79 Å². The quantitative estimate of drug-likeness (QED) is 0.833. The largest absolute Gasteiger partial charge is 0.453 e. The van der Waals surface area contributed by atoms with Crippen molar-refractivity contribution < 1.29 is 18.8 Å². The van der Waals surface area contributed by atoms with Crippen LogP contribution in [0.5, 0.6) is 0 Å². The highest BCUT2D eigenvalue weighted by Crippen LogP contribution is 2.30. The number of aromatic nitrogens is 3. The Kier molecular flexibility index (Phi) is 4.83. The predicted molar refractivity (Wildman–Crippen MR) is 91.7 cm³/mol. The van der Waals surface area contributed by atoms with Crippen LogP contribution in [0.1, 0.15) is 42.6 Å². The highest BCUT2D eigenvalue weighted by molar-refractivity contribution is 5.67. The van der Waals surface area contributed by atoms with E-state index in [1.165, 1.54) is 7.11 Å². The number of carbonyl (C=O) groups excluding carboxylic acids is 1. The molecule has 0 spiro atoms. The van der Waals surface area contributed by atoms with Crippen molar-refractivity contribution in [2.75, 3.05) is 33.4 Å². The van der Waals surface area contributed by atoms with Crippen molar-refractivity contribution in [1.29, 1.82) is 0 Å². The van der Waals surface area contributed by atoms with Gasteiger partial charge in [0.1, 0.15) is 0 Å². The third-order valence-corrected chi connectivity index (χ3v) is 5.11. The number of piperidine rings is 1. The lowest BCUT2D eigenvalue weighted by atomic mass is 9.96. The van der Waals surface area contributed by atoms with Gasteiger partial charge >= 0.3 is 6.09 Å². The Balaban J connectivity index is 1.45. The van der Waals surface area contributed by atoms with Crippen LogP contribution in [-0.2, 0) is 9.47 Å². The minimum atomic E-state index is -0.280. The van der Waals surface area contributed by atoms with Gasteiger partial charge in [-0.3, -0.25) is 4.98 Å². The summed E-state index contributed by atoms with van der Waals surface area (Å²) in [4.78, 5) is 22.3. The molecule has 1 amide bonds. The second-order valence-electron chi connectivity index (χ2n) is 6.72. The summed E-state index contributed by atoms with van der Waals surface area (Å²) in [6.45, 7) is 2.78. The first-order valence-corrected chi connectivity index (χ1v) is 8.95. The van der Waals surface area contributed by atoms with Crippen molar-refractivity contribution in [3.63, 3.8) is 0 Å². The number of rotatable bonds is 3. The fraction of sp³-hybridized carbons (Fsp3) is 0.556. The first-order chi connectivity index (χ1) is 12.7. The maximum Gasteiger partial charge on any atom is 0.409 e. The molecule has 8 nitrogen and oxygen atoms in total. The van der Waals surface area contributed by atoms with Gasteiger partial charge in [0.15, 0.2) is 5.82 Å². The van der Waals surface area contributed by atoms with Gasteiger partial charge in [0.05, 0.1) is 13.7 Å². The highest BCUT2D eigenvalue weighted by Gasteiger charge is 2.28. The zero-order chi connectivity index (χ0) is 17.9. The van der Waals surface area contributed by atoms with Crippen molar-refractivity contribution in [3.05, 3.63) is 29.8 Å². The maximum atomic E-state index is 11.6. The third kappa shape index (κ3) is 3.41. The number of hydrogen-bond acceptors (Lipinski definition) is 7. The first kappa shape index (κ1) is 17.0. The molecule has 2 saturated heterocycles. The van der Waals surface area contributed by atoms with Crippen LogP contribution >= 0.6 is 0 Å². The van der Waals surface area contributed by atoms with E-state index >= 15 is 0 Å². The summed E-state index contributed by atoms with van der Waals surface area (Å²) >= 11 is 0. The van der Waals surface area contributed by atoms with E-state index in [9.17, 15) is 4.79 Å². The normalized spacial score (nSPS) is 21.1. The maximum absolute atomic E-state index is 11.6. The van der Waals surface area contributed by atoms with E-state index in [1.807, 2.05) is 12.1 Å². The summed E-state index contributed by atoms with van der Waals surface area (Å²) in [5.41, 5.74) is 1.89. The van der Waals surface area contributed by atoms with Crippen LogP contribution in [0.15, 0.2) is 22.9 Å². The number of pyridine rings is 1. The van der Waals surface area contributed by atoms with Crippen molar-refractivity contribution >= 4 is 6.09 Å². The van der Waals surface area contributed by atoms with Gasteiger partial charge in [0.25, 0.3) is 5.89 Å². The molecule has 0 aliphatic carbocycles. The van der Waals surface area contributed by atoms with Crippen molar-refractivity contribution in [2.24, 2.45) is 0 Å². The lowest BCUT2D eigenvalue weighted by molar-refractivity contribution is 0.111. The average molecular weight is 358 g/mol. The van der Waals surface area contributed by atoms with Crippen LogP contribution in [0.2, 0.25) is 0 Å². The van der Waals surface area contributed by atoms with E-state index in [0.717, 1.165) is 37.1 Å². The lowest BCUT2D eigenvalue weighted by Crippen LogP contribution is -2.37. The van der Waals surface area contributed by atoms with Crippen molar-refractivity contribution in [1.82, 2.24) is 20.0 Å². The van der Waals surface area contributed by atoms with Gasteiger partial charge in [-0.1, -0.05) is 5.16 Å². The summed E-state index contributed by atoms with van der Waals surface area (Å²) in [5, 5.41) is 4.17. The molecule has 4 heterocycles. The van der Waals surface area contributed by atoms with Crippen LogP contribution in [-0.4, -0.2) is 59.5 Å². The molecule has 0 N–H and O–H groups in total. The number of amides is 1. The summed E-state index contributed by atoms with van der Waals surface area (Å²) in [6, 6.07) is 3.90. The fourth-order valence-corrected chi connectivity index (χ4v) is 3.54. The van der Waals surface area contributed by atoms with Crippen LogP contribution in [0.3, 0.4) is 0 Å². The molecule has 0 aromatic carbocycles. The Bertz CT molecular complexity index is 764. The van der Waals surface area contributed by atoms with Gasteiger partial charge in [0, 0.05) is 49.0 Å². The first-order valence-electron chi connectivity index (χ1n) is 8.95. The topological polar surface area (TPSA) is 90.6 Å². The van der Waals surface area contributed by atoms with E-state index < -0.39 is 0 Å². The van der Waals surface area contributed by atoms with E-state index in [1.54, 1.807) is 11.1 Å². The molecule has 2 aromatic heterocycles. The number of likely N-dealkylation sites (tertiary alicyclic amines) is 1. The molecule has 2 fully saturated rings. The molecule has 138 valence electrons. The van der Waals surface area contributed by atoms with Gasteiger partial charge in [-0.2, -0.15) is 4.98 Å². The molecule has 26 heavy (non-hydrogen) atoms. The summed E-state index contributed by atoms with van der Waals surface area (Å²) in [5.74, 6) is 1.74. The summed E-state index contributed by atoms with van der Waals surface area (Å²) in [6.07, 6.45) is 4.09. The molecule has 2 aromatic rings. The van der Waals surface area contributed by atoms with Gasteiger partial charge in [-0.05, 0) is 31.4 Å². The second-order valence-corrected chi connectivity index (χ2v) is 6.72. The smallest absolute Gasteiger partial charge is 0.409 e. The molecule has 2 aliphatic heterocycles. The average Bonchev–Trinajstić information content (AvgIpc) is 3.40. The van der Waals surface area contributed by atoms with Crippen molar-refractivity contribution in [3.8, 4) is 11.5 Å². The Morgan fingerprint density at radius 2 is 2.12 bits per heavy atom. The molecule has 1 atom stereocenters. The zero-order valence-electron chi connectivity index (χ0n) is 14.8. The van der Waals surface area contributed by atoms with E-state index in [2.05, 4.69) is 15.1 Å². The minimum absolute atomic E-state index is 0.193. The molecule has 0 bridgehead atoms. The Morgan fingerprint density at radius 3 is 2.85 bits per heavy atom. The van der Waals surface area contributed by atoms with Gasteiger partial charge in [0.2, 0.25) is 0 Å². The van der Waals surface area contributed by atoms with Crippen LogP contribution in [0, 0.1) is 0 Å². The molecule has 0 saturated carbocycles. The zero-order valence-corrected chi connectivity index (χ0v) is 14.8. The Hall–Kier alpha value is -2.48. The summed E-state index contributed by atoms with van der Waals surface area (Å²) < 4.78 is 15.7. The van der Waals surface area contributed by atoms with E-state index in [0.29, 0.717) is 37.3 Å². The van der Waals surface area contributed by atoms with Crippen LogP contribution in [0.4, 0.5) is 4.79 Å². The minimum Gasteiger partial charge on any atom is -0.453 e. The van der Waals surface area contributed by atoms with Crippen LogP contribution in [0.25, 0.3) is 11.5 Å². The number of nitrogens with zero attached hydrogens (tertiary/aromatic N) is 4. The highest BCUT2D eigenvalue weighted by atomic mass is 16.5. The Morgan fingerprint density at radius 1 is 1.27 bits per heavy atom. The molecule has 2 aliphatic rings. The van der Waals surface area contributed by atoms with Gasteiger partial charge in [-0.15, -0.1) is 0 Å². The monoisotopic (exact) mass is 358 g/mol. The molecule has 1 unspecified atom stereocenters. The molecular weight excluding hydrogens is 336 g/mol. The van der Waals surface area contributed by atoms with Gasteiger partial charge < -0.3 is 18.9 Å². The van der Waals surface area contributed by atoms with E-state index in [4.69, 9.17) is 14.0 Å². The molecular formula is C18H22N4O4. The SMILES string of the molecule is COC(=O)N1CCC(c2noc(-c3ccnc(C4CCOC4)c3)n2)CC1. The molecule has 0 radical (unpaired) electrons. The lowest BCUT2D eigenvalue weighted by Gasteiger charge is -2.29. The fourth-order valence-electron chi connectivity index (χ4n) is 3.54. The van der Waals surface area contributed by atoms with Crippen molar-refractivity contribution in [2.45, 2.75) is 31.1 Å². The Labute approximate surface area is 151 Å². The third-order valence-electron chi connectivity index (χ3n) is 5.11. The number of ether oxygens (including phenoxy) is 2. The summed E-state index contributed by atoms with van der Waals surface area (Å²) in [7, 11) is 1.40. The number of carbonyl (C=O) groups is 1. The number of hydrogen-bond donors (Lipinski definition) is 0. The van der Waals surface area contributed by atoms with Crippen LogP contribution < -0.4 is 0 Å². The predicted octanol–water partition coefficient (Wildman–Crippen LogP) is 2.58. The second kappa shape index (κ2) is 7.41. The standard InChI is InChI=1S/C18H22N4O4/c1-24-18(23)22-7-3-12(4-8-22)16-20-17(26-21-16)13-2-6-19-15(10-13)14-5-9-25-11-14/h2,6,10,12,14H,3-5,7-9,11H2,1H3. The molecule has 8 heteroatoms. The number of methoxy groups -OCH3 is 1. The van der Waals surface area contributed by atoms with E-state index in [-0.39, 0.29) is 12.0 Å².